The number of aromatic amines is 1. The Hall–Kier alpha value is -1.32. The molecule has 0 aliphatic heterocycles. The van der Waals surface area contributed by atoms with Crippen molar-refractivity contribution in [1.29, 1.82) is 0 Å². The fourth-order valence-electron chi connectivity index (χ4n) is 1.55. The smallest absolute Gasteiger partial charge is 0.223 e. The van der Waals surface area contributed by atoms with Gasteiger partial charge in [0.2, 0.25) is 5.91 Å². The molecule has 2 rings (SSSR count). The molecule has 0 spiro atoms. The van der Waals surface area contributed by atoms with Crippen molar-refractivity contribution in [2.45, 2.75) is 26.8 Å². The lowest BCUT2D eigenvalue weighted by Gasteiger charge is -2.02. The van der Waals surface area contributed by atoms with Gasteiger partial charge < -0.3 is 5.32 Å². The summed E-state index contributed by atoms with van der Waals surface area (Å²) in [6.45, 7) is 4.64. The van der Waals surface area contributed by atoms with E-state index in [0.29, 0.717) is 12.5 Å². The standard InChI is InChI=1S/C10H15N3O/c1-6-3-9(6)10(14)11-4-8-5-12-13-7(8)2/h5-6,9H,3-4H2,1-2H3,(H,11,14)(H,12,13). The Kier molecular flexibility index (Phi) is 2.27. The molecule has 4 nitrogen and oxygen atoms in total. The highest BCUT2D eigenvalue weighted by Crippen LogP contribution is 2.37. The van der Waals surface area contributed by atoms with E-state index in [1.165, 1.54) is 0 Å². The first kappa shape index (κ1) is 9.24. The lowest BCUT2D eigenvalue weighted by Crippen LogP contribution is -2.24. The minimum Gasteiger partial charge on any atom is -0.352 e. The molecule has 2 unspecified atom stereocenters. The minimum atomic E-state index is 0.179. The fraction of sp³-hybridized carbons (Fsp3) is 0.600. The fourth-order valence-corrected chi connectivity index (χ4v) is 1.55. The van der Waals surface area contributed by atoms with Crippen LogP contribution < -0.4 is 5.32 Å². The number of H-pyrrole nitrogens is 1. The van der Waals surface area contributed by atoms with Crippen LogP contribution in [0, 0.1) is 18.8 Å². The summed E-state index contributed by atoms with van der Waals surface area (Å²) in [5, 5.41) is 9.66. The number of amides is 1. The number of carbonyl (C=O) groups excluding carboxylic acids is 1. The summed E-state index contributed by atoms with van der Waals surface area (Å²) in [5.41, 5.74) is 2.08. The number of aromatic nitrogens is 2. The van der Waals surface area contributed by atoms with Crippen LogP contribution >= 0.6 is 0 Å². The normalized spacial score (nSPS) is 24.7. The first-order valence-electron chi connectivity index (χ1n) is 4.95. The van der Waals surface area contributed by atoms with E-state index in [-0.39, 0.29) is 11.8 Å². The van der Waals surface area contributed by atoms with Gasteiger partial charge >= 0.3 is 0 Å². The lowest BCUT2D eigenvalue weighted by molar-refractivity contribution is -0.122. The van der Waals surface area contributed by atoms with Gasteiger partial charge in [0.25, 0.3) is 0 Å². The highest BCUT2D eigenvalue weighted by Gasteiger charge is 2.38. The van der Waals surface area contributed by atoms with E-state index in [2.05, 4.69) is 22.4 Å². The van der Waals surface area contributed by atoms with Gasteiger partial charge in [-0.1, -0.05) is 6.92 Å². The Morgan fingerprint density at radius 3 is 3.00 bits per heavy atom. The van der Waals surface area contributed by atoms with Crippen LogP contribution in [0.4, 0.5) is 0 Å². The van der Waals surface area contributed by atoms with E-state index in [4.69, 9.17) is 0 Å². The number of carbonyl (C=O) groups is 1. The van der Waals surface area contributed by atoms with Gasteiger partial charge in [-0.25, -0.2) is 0 Å². The maximum atomic E-state index is 11.5. The lowest BCUT2D eigenvalue weighted by atomic mass is 10.2. The van der Waals surface area contributed by atoms with Crippen molar-refractivity contribution in [3.8, 4) is 0 Å². The van der Waals surface area contributed by atoms with E-state index in [1.807, 2.05) is 6.92 Å². The molecule has 1 heterocycles. The molecule has 0 saturated heterocycles. The van der Waals surface area contributed by atoms with Crippen LogP contribution in [0.1, 0.15) is 24.6 Å². The number of nitrogens with one attached hydrogen (secondary N) is 2. The zero-order valence-corrected chi connectivity index (χ0v) is 8.50. The first-order chi connectivity index (χ1) is 6.68. The number of hydrogen-bond acceptors (Lipinski definition) is 2. The Labute approximate surface area is 83.1 Å². The van der Waals surface area contributed by atoms with Crippen molar-refractivity contribution in [3.63, 3.8) is 0 Å². The number of nitrogens with zero attached hydrogens (tertiary/aromatic N) is 1. The van der Waals surface area contributed by atoms with E-state index in [9.17, 15) is 4.79 Å². The summed E-state index contributed by atoms with van der Waals surface area (Å²) in [6.07, 6.45) is 2.79. The molecular formula is C10H15N3O. The van der Waals surface area contributed by atoms with Gasteiger partial charge in [-0.05, 0) is 19.3 Å². The molecule has 1 aliphatic rings. The molecule has 1 saturated carbocycles. The van der Waals surface area contributed by atoms with Crippen LogP contribution in [0.15, 0.2) is 6.20 Å². The van der Waals surface area contributed by atoms with Crippen LogP contribution in [-0.2, 0) is 11.3 Å². The Bertz CT molecular complexity index is 345. The second-order valence-corrected chi connectivity index (χ2v) is 4.06. The van der Waals surface area contributed by atoms with Gasteiger partial charge in [0.05, 0.1) is 6.20 Å². The topological polar surface area (TPSA) is 57.8 Å². The third kappa shape index (κ3) is 1.78. The summed E-state index contributed by atoms with van der Waals surface area (Å²) in [5.74, 6) is 1.00. The molecule has 2 N–H and O–H groups in total. The van der Waals surface area contributed by atoms with Gasteiger partial charge in [0, 0.05) is 23.7 Å². The zero-order chi connectivity index (χ0) is 10.1. The molecule has 0 bridgehead atoms. The monoisotopic (exact) mass is 193 g/mol. The molecule has 1 amide bonds. The van der Waals surface area contributed by atoms with Crippen LogP contribution in [0.25, 0.3) is 0 Å². The Morgan fingerprint density at radius 2 is 2.50 bits per heavy atom. The van der Waals surface area contributed by atoms with E-state index in [1.54, 1.807) is 6.20 Å². The highest BCUT2D eigenvalue weighted by molar-refractivity contribution is 5.81. The molecule has 2 atom stereocenters. The quantitative estimate of drug-likeness (QED) is 0.752. The zero-order valence-electron chi connectivity index (χ0n) is 8.50. The van der Waals surface area contributed by atoms with Gasteiger partial charge in [-0.15, -0.1) is 0 Å². The summed E-state index contributed by atoms with van der Waals surface area (Å²) in [6, 6.07) is 0. The number of aryl methyl sites for hydroxylation is 1. The third-order valence-electron chi connectivity index (χ3n) is 2.83. The van der Waals surface area contributed by atoms with Crippen molar-refractivity contribution in [1.82, 2.24) is 15.5 Å². The van der Waals surface area contributed by atoms with Crippen LogP contribution in [0.3, 0.4) is 0 Å². The summed E-state index contributed by atoms with van der Waals surface area (Å²) < 4.78 is 0. The van der Waals surface area contributed by atoms with Crippen LogP contribution in [0.5, 0.6) is 0 Å². The molecule has 14 heavy (non-hydrogen) atoms. The molecule has 1 aromatic heterocycles. The largest absolute Gasteiger partial charge is 0.352 e. The van der Waals surface area contributed by atoms with Crippen molar-refractivity contribution < 1.29 is 4.79 Å². The average Bonchev–Trinajstić information content (AvgIpc) is 2.74. The Morgan fingerprint density at radius 1 is 1.79 bits per heavy atom. The Balaban J connectivity index is 1.83. The van der Waals surface area contributed by atoms with Gasteiger partial charge in [-0.3, -0.25) is 9.89 Å². The summed E-state index contributed by atoms with van der Waals surface area (Å²) in [7, 11) is 0. The number of hydrogen-bond donors (Lipinski definition) is 2. The van der Waals surface area contributed by atoms with Crippen LogP contribution in [-0.4, -0.2) is 16.1 Å². The molecule has 1 fully saturated rings. The predicted octanol–water partition coefficient (Wildman–Crippen LogP) is 0.990. The first-order valence-corrected chi connectivity index (χ1v) is 4.95. The number of rotatable bonds is 3. The second kappa shape index (κ2) is 3.44. The molecule has 0 aromatic carbocycles. The molecule has 76 valence electrons. The molecule has 1 aromatic rings. The van der Waals surface area contributed by atoms with Crippen molar-refractivity contribution in [2.24, 2.45) is 11.8 Å². The maximum absolute atomic E-state index is 11.5. The minimum absolute atomic E-state index is 0.179. The third-order valence-corrected chi connectivity index (χ3v) is 2.83. The SMILES string of the molecule is Cc1[nH]ncc1CNC(=O)C1CC1C. The second-order valence-electron chi connectivity index (χ2n) is 4.06. The van der Waals surface area contributed by atoms with Crippen molar-refractivity contribution in [3.05, 3.63) is 17.5 Å². The van der Waals surface area contributed by atoms with Gasteiger partial charge in [0.1, 0.15) is 0 Å². The van der Waals surface area contributed by atoms with Crippen molar-refractivity contribution in [2.75, 3.05) is 0 Å². The average molecular weight is 193 g/mol. The van der Waals surface area contributed by atoms with E-state index >= 15 is 0 Å². The van der Waals surface area contributed by atoms with E-state index in [0.717, 1.165) is 17.7 Å². The maximum Gasteiger partial charge on any atom is 0.223 e. The highest BCUT2D eigenvalue weighted by atomic mass is 16.2. The van der Waals surface area contributed by atoms with Gasteiger partial charge in [-0.2, -0.15) is 5.10 Å². The molecule has 4 heteroatoms. The summed E-state index contributed by atoms with van der Waals surface area (Å²) >= 11 is 0. The van der Waals surface area contributed by atoms with Crippen molar-refractivity contribution >= 4 is 5.91 Å². The van der Waals surface area contributed by atoms with Crippen LogP contribution in [0.2, 0.25) is 0 Å². The summed E-state index contributed by atoms with van der Waals surface area (Å²) in [4.78, 5) is 11.5. The predicted molar refractivity (Wildman–Crippen MR) is 52.4 cm³/mol. The molecule has 0 radical (unpaired) electrons. The van der Waals surface area contributed by atoms with E-state index < -0.39 is 0 Å². The van der Waals surface area contributed by atoms with Gasteiger partial charge in [0.15, 0.2) is 0 Å². The molecule has 1 aliphatic carbocycles. The molecular weight excluding hydrogens is 178 g/mol.